The fourth-order valence-corrected chi connectivity index (χ4v) is 1.76. The fraction of sp³-hybridized carbons (Fsp3) is 0.769. The van der Waals surface area contributed by atoms with E-state index in [1.54, 1.807) is 7.05 Å². The van der Waals surface area contributed by atoms with Gasteiger partial charge in [0.05, 0.1) is 6.10 Å². The van der Waals surface area contributed by atoms with Crippen molar-refractivity contribution < 1.29 is 9.47 Å². The van der Waals surface area contributed by atoms with Crippen molar-refractivity contribution in [3.63, 3.8) is 0 Å². The van der Waals surface area contributed by atoms with Crippen LogP contribution in [0.25, 0.3) is 0 Å². The Morgan fingerprint density at radius 3 is 2.55 bits per heavy atom. The summed E-state index contributed by atoms with van der Waals surface area (Å²) in [5.41, 5.74) is 0. The number of hydrogen-bond acceptors (Lipinski definition) is 7. The van der Waals surface area contributed by atoms with E-state index in [0.29, 0.717) is 18.6 Å². The van der Waals surface area contributed by atoms with Gasteiger partial charge in [0, 0.05) is 19.6 Å². The molecule has 0 atom stereocenters. The van der Waals surface area contributed by atoms with Crippen LogP contribution in [0.2, 0.25) is 0 Å². The van der Waals surface area contributed by atoms with Crippen molar-refractivity contribution >= 4 is 5.95 Å². The maximum Gasteiger partial charge on any atom is 0.324 e. The van der Waals surface area contributed by atoms with Gasteiger partial charge in [0.15, 0.2) is 0 Å². The zero-order valence-corrected chi connectivity index (χ0v) is 12.6. The van der Waals surface area contributed by atoms with Crippen molar-refractivity contribution in [2.75, 3.05) is 32.6 Å². The van der Waals surface area contributed by atoms with Gasteiger partial charge in [-0.25, -0.2) is 0 Å². The summed E-state index contributed by atoms with van der Waals surface area (Å²) in [6.45, 7) is 5.27. The number of hydrogen-bond donors (Lipinski definition) is 1. The molecule has 1 heterocycles. The molecule has 0 spiro atoms. The smallest absolute Gasteiger partial charge is 0.324 e. The van der Waals surface area contributed by atoms with Crippen molar-refractivity contribution in [1.29, 1.82) is 0 Å². The van der Waals surface area contributed by atoms with Gasteiger partial charge in [-0.1, -0.05) is 0 Å². The van der Waals surface area contributed by atoms with E-state index in [2.05, 4.69) is 32.2 Å². The van der Waals surface area contributed by atoms with Crippen LogP contribution in [0.1, 0.15) is 26.7 Å². The van der Waals surface area contributed by atoms with E-state index in [9.17, 15) is 0 Å². The maximum absolute atomic E-state index is 5.60. The SMILES string of the molecule is CNc1nc(OCCN(C)C2CC2)nc(OC(C)C)n1. The number of nitrogens with one attached hydrogen (secondary N) is 1. The number of rotatable bonds is 8. The van der Waals surface area contributed by atoms with Crippen LogP contribution >= 0.6 is 0 Å². The van der Waals surface area contributed by atoms with Crippen molar-refractivity contribution in [1.82, 2.24) is 19.9 Å². The monoisotopic (exact) mass is 281 g/mol. The summed E-state index contributed by atoms with van der Waals surface area (Å²) in [5, 5.41) is 2.88. The molecule has 7 nitrogen and oxygen atoms in total. The average molecular weight is 281 g/mol. The molecule has 2 rings (SSSR count). The quantitative estimate of drug-likeness (QED) is 0.767. The Morgan fingerprint density at radius 2 is 1.95 bits per heavy atom. The minimum Gasteiger partial charge on any atom is -0.462 e. The van der Waals surface area contributed by atoms with Gasteiger partial charge in [-0.05, 0) is 33.7 Å². The Hall–Kier alpha value is -1.63. The third kappa shape index (κ3) is 4.48. The van der Waals surface area contributed by atoms with Crippen molar-refractivity contribution in [3.05, 3.63) is 0 Å². The van der Waals surface area contributed by atoms with E-state index in [0.717, 1.165) is 12.6 Å². The minimum atomic E-state index is 0.0101. The van der Waals surface area contributed by atoms with Gasteiger partial charge in [-0.15, -0.1) is 4.98 Å². The molecule has 0 unspecified atom stereocenters. The maximum atomic E-state index is 5.60. The van der Waals surface area contributed by atoms with E-state index < -0.39 is 0 Å². The van der Waals surface area contributed by atoms with Gasteiger partial charge in [-0.3, -0.25) is 0 Å². The fourth-order valence-electron chi connectivity index (χ4n) is 1.76. The van der Waals surface area contributed by atoms with Crippen LogP contribution in [-0.4, -0.2) is 59.2 Å². The highest BCUT2D eigenvalue weighted by molar-refractivity contribution is 5.26. The lowest BCUT2D eigenvalue weighted by molar-refractivity contribution is 0.201. The van der Waals surface area contributed by atoms with E-state index in [1.165, 1.54) is 12.8 Å². The number of ether oxygens (including phenoxy) is 2. The molecule has 1 N–H and O–H groups in total. The molecule has 7 heteroatoms. The molecule has 0 aliphatic heterocycles. The number of aromatic nitrogens is 3. The molecule has 0 amide bonds. The minimum absolute atomic E-state index is 0.0101. The average Bonchev–Trinajstić information content (AvgIpc) is 3.21. The molecule has 0 aromatic carbocycles. The first-order chi connectivity index (χ1) is 9.58. The first kappa shape index (κ1) is 14.8. The van der Waals surface area contributed by atoms with Gasteiger partial charge < -0.3 is 19.7 Å². The number of likely N-dealkylation sites (N-methyl/N-ethyl adjacent to an activating group) is 1. The van der Waals surface area contributed by atoms with Crippen molar-refractivity contribution in [3.8, 4) is 12.0 Å². The van der Waals surface area contributed by atoms with Crippen LogP contribution in [0.15, 0.2) is 0 Å². The molecule has 0 radical (unpaired) electrons. The Kier molecular flexibility index (Phi) is 4.94. The van der Waals surface area contributed by atoms with Crippen molar-refractivity contribution in [2.24, 2.45) is 0 Å². The first-order valence-electron chi connectivity index (χ1n) is 7.02. The van der Waals surface area contributed by atoms with Crippen LogP contribution in [0, 0.1) is 0 Å². The second kappa shape index (κ2) is 6.69. The first-order valence-corrected chi connectivity index (χ1v) is 7.02. The zero-order valence-electron chi connectivity index (χ0n) is 12.6. The van der Waals surface area contributed by atoms with Crippen LogP contribution in [0.5, 0.6) is 12.0 Å². The largest absolute Gasteiger partial charge is 0.462 e. The Balaban J connectivity index is 1.91. The predicted octanol–water partition coefficient (Wildman–Crippen LogP) is 1.17. The van der Waals surface area contributed by atoms with Gasteiger partial charge >= 0.3 is 12.0 Å². The van der Waals surface area contributed by atoms with E-state index >= 15 is 0 Å². The lowest BCUT2D eigenvalue weighted by Crippen LogP contribution is -2.26. The summed E-state index contributed by atoms with van der Waals surface area (Å²) in [6.07, 6.45) is 2.59. The molecular weight excluding hydrogens is 258 g/mol. The highest BCUT2D eigenvalue weighted by atomic mass is 16.5. The normalized spacial score (nSPS) is 14.7. The molecule has 1 aromatic rings. The lowest BCUT2D eigenvalue weighted by Gasteiger charge is -2.15. The third-order valence-corrected chi connectivity index (χ3v) is 3.00. The summed E-state index contributed by atoms with van der Waals surface area (Å²) >= 11 is 0. The molecule has 1 aliphatic carbocycles. The van der Waals surface area contributed by atoms with Gasteiger partial charge in [0.2, 0.25) is 5.95 Å². The standard InChI is InChI=1S/C13H23N5O2/c1-9(2)20-13-16-11(14-3)15-12(17-13)19-8-7-18(4)10-5-6-10/h9-10H,5-8H2,1-4H3,(H,14,15,16,17). The molecule has 1 fully saturated rings. The van der Waals surface area contributed by atoms with Crippen molar-refractivity contribution in [2.45, 2.75) is 38.8 Å². The molecule has 112 valence electrons. The van der Waals surface area contributed by atoms with Gasteiger partial charge in [-0.2, -0.15) is 9.97 Å². The summed E-state index contributed by atoms with van der Waals surface area (Å²) in [5.74, 6) is 0.446. The number of anilines is 1. The third-order valence-electron chi connectivity index (χ3n) is 3.00. The van der Waals surface area contributed by atoms with Crippen LogP contribution in [0.4, 0.5) is 5.95 Å². The van der Waals surface area contributed by atoms with Crippen LogP contribution in [-0.2, 0) is 0 Å². The van der Waals surface area contributed by atoms with Gasteiger partial charge in [0.25, 0.3) is 0 Å². The van der Waals surface area contributed by atoms with E-state index in [-0.39, 0.29) is 12.1 Å². The predicted molar refractivity (Wildman–Crippen MR) is 76.3 cm³/mol. The topological polar surface area (TPSA) is 72.4 Å². The molecular formula is C13H23N5O2. The summed E-state index contributed by atoms with van der Waals surface area (Å²) in [7, 11) is 3.86. The lowest BCUT2D eigenvalue weighted by atomic mass is 10.5. The van der Waals surface area contributed by atoms with Crippen LogP contribution in [0.3, 0.4) is 0 Å². The highest BCUT2D eigenvalue weighted by Crippen LogP contribution is 2.24. The highest BCUT2D eigenvalue weighted by Gasteiger charge is 2.25. The second-order valence-corrected chi connectivity index (χ2v) is 5.20. The van der Waals surface area contributed by atoms with E-state index in [4.69, 9.17) is 9.47 Å². The second-order valence-electron chi connectivity index (χ2n) is 5.20. The van der Waals surface area contributed by atoms with Crippen LogP contribution < -0.4 is 14.8 Å². The molecule has 0 bridgehead atoms. The summed E-state index contributed by atoms with van der Waals surface area (Å²) in [4.78, 5) is 14.7. The molecule has 0 saturated heterocycles. The summed E-state index contributed by atoms with van der Waals surface area (Å²) < 4.78 is 11.1. The molecule has 1 aliphatic rings. The zero-order chi connectivity index (χ0) is 14.5. The summed E-state index contributed by atoms with van der Waals surface area (Å²) in [6, 6.07) is 1.30. The Morgan fingerprint density at radius 1 is 1.25 bits per heavy atom. The Bertz CT molecular complexity index is 437. The number of nitrogens with zero attached hydrogens (tertiary/aromatic N) is 4. The molecule has 20 heavy (non-hydrogen) atoms. The van der Waals surface area contributed by atoms with E-state index in [1.807, 2.05) is 13.8 Å². The Labute approximate surface area is 119 Å². The molecule has 1 aromatic heterocycles. The molecule has 1 saturated carbocycles. The van der Waals surface area contributed by atoms with Gasteiger partial charge in [0.1, 0.15) is 6.61 Å².